The van der Waals surface area contributed by atoms with E-state index in [4.69, 9.17) is 5.11 Å². The van der Waals surface area contributed by atoms with Crippen molar-refractivity contribution in [3.8, 4) is 0 Å². The number of halogens is 3. The van der Waals surface area contributed by atoms with Crippen LogP contribution < -0.4 is 0 Å². The first kappa shape index (κ1) is 22.8. The fraction of sp³-hybridized carbons (Fsp3) is 0.632. The number of carbonyl (C=O) groups excluding carboxylic acids is 1. The minimum absolute atomic E-state index is 0.0752. The predicted molar refractivity (Wildman–Crippen MR) is 102 cm³/mol. The first-order chi connectivity index (χ1) is 14.3. The maximum atomic E-state index is 13.3. The summed E-state index contributed by atoms with van der Waals surface area (Å²) in [6.45, 7) is 5.43. The Labute approximate surface area is 176 Å². The Morgan fingerprint density at radius 3 is 2.48 bits per heavy atom. The van der Waals surface area contributed by atoms with Crippen molar-refractivity contribution in [2.45, 2.75) is 58.3 Å². The summed E-state index contributed by atoms with van der Waals surface area (Å²) in [4.78, 5) is 24.6. The van der Waals surface area contributed by atoms with Gasteiger partial charge in [0, 0.05) is 43.9 Å². The van der Waals surface area contributed by atoms with Crippen molar-refractivity contribution in [2.75, 3.05) is 13.1 Å². The fourth-order valence-corrected chi connectivity index (χ4v) is 3.47. The SMILES string of the molecule is CC(C)(C)n1cc(Cn2cc(CCC(=O)N3CCC(C(=O)O)(C(F)(F)F)C3)nn2)cn1. The van der Waals surface area contributed by atoms with Gasteiger partial charge in [0.1, 0.15) is 0 Å². The van der Waals surface area contributed by atoms with Crippen LogP contribution in [-0.2, 0) is 28.1 Å². The largest absolute Gasteiger partial charge is 0.481 e. The van der Waals surface area contributed by atoms with Crippen LogP contribution in [0.3, 0.4) is 0 Å². The Morgan fingerprint density at radius 1 is 1.23 bits per heavy atom. The van der Waals surface area contributed by atoms with Crippen LogP contribution in [0.2, 0.25) is 0 Å². The van der Waals surface area contributed by atoms with E-state index in [9.17, 15) is 22.8 Å². The second-order valence-electron chi connectivity index (χ2n) is 8.82. The number of aliphatic carboxylic acids is 1. The van der Waals surface area contributed by atoms with Crippen LogP contribution in [0, 0.1) is 5.41 Å². The van der Waals surface area contributed by atoms with Crippen LogP contribution in [0.1, 0.15) is 44.9 Å². The molecular formula is C19H25F3N6O3. The van der Waals surface area contributed by atoms with Gasteiger partial charge in [0.2, 0.25) is 5.91 Å². The molecule has 1 fully saturated rings. The Morgan fingerprint density at radius 2 is 1.94 bits per heavy atom. The number of hydrogen-bond acceptors (Lipinski definition) is 5. The van der Waals surface area contributed by atoms with Gasteiger partial charge in [-0.15, -0.1) is 5.10 Å². The summed E-state index contributed by atoms with van der Waals surface area (Å²) >= 11 is 0. The highest BCUT2D eigenvalue weighted by molar-refractivity contribution is 5.81. The second-order valence-corrected chi connectivity index (χ2v) is 8.82. The molecule has 3 heterocycles. The van der Waals surface area contributed by atoms with Gasteiger partial charge in [0.05, 0.1) is 24.0 Å². The molecule has 1 aliphatic heterocycles. The first-order valence-electron chi connectivity index (χ1n) is 9.83. The molecule has 2 aromatic rings. The van der Waals surface area contributed by atoms with Gasteiger partial charge in [-0.2, -0.15) is 18.3 Å². The number of alkyl halides is 3. The Hall–Kier alpha value is -2.92. The lowest BCUT2D eigenvalue weighted by Crippen LogP contribution is -2.47. The molecule has 0 bridgehead atoms. The summed E-state index contributed by atoms with van der Waals surface area (Å²) in [6, 6.07) is 0. The number of amides is 1. The van der Waals surface area contributed by atoms with Crippen molar-refractivity contribution in [3.05, 3.63) is 29.8 Å². The summed E-state index contributed by atoms with van der Waals surface area (Å²) in [5.41, 5.74) is -1.59. The van der Waals surface area contributed by atoms with Gasteiger partial charge in [0.15, 0.2) is 5.41 Å². The van der Waals surface area contributed by atoms with Gasteiger partial charge in [-0.05, 0) is 27.2 Å². The van der Waals surface area contributed by atoms with Gasteiger partial charge in [0.25, 0.3) is 0 Å². The van der Waals surface area contributed by atoms with Crippen molar-refractivity contribution in [3.63, 3.8) is 0 Å². The average Bonchev–Trinajstić information content (AvgIpc) is 3.38. The highest BCUT2D eigenvalue weighted by Crippen LogP contribution is 2.45. The third kappa shape index (κ3) is 4.72. The van der Waals surface area contributed by atoms with E-state index in [0.717, 1.165) is 10.5 Å². The number of carboxylic acids is 1. The Balaban J connectivity index is 1.56. The molecule has 170 valence electrons. The van der Waals surface area contributed by atoms with Crippen molar-refractivity contribution in [1.82, 2.24) is 29.7 Å². The van der Waals surface area contributed by atoms with Gasteiger partial charge in [-0.1, -0.05) is 5.21 Å². The van der Waals surface area contributed by atoms with Crippen LogP contribution in [0.4, 0.5) is 13.2 Å². The average molecular weight is 442 g/mol. The van der Waals surface area contributed by atoms with Crippen molar-refractivity contribution < 1.29 is 27.9 Å². The van der Waals surface area contributed by atoms with Gasteiger partial charge < -0.3 is 10.0 Å². The van der Waals surface area contributed by atoms with Crippen molar-refractivity contribution in [2.24, 2.45) is 5.41 Å². The van der Waals surface area contributed by atoms with Crippen LogP contribution in [0.25, 0.3) is 0 Å². The molecular weight excluding hydrogens is 417 g/mol. The molecule has 1 aliphatic rings. The third-order valence-electron chi connectivity index (χ3n) is 5.42. The monoisotopic (exact) mass is 442 g/mol. The van der Waals surface area contributed by atoms with Crippen molar-refractivity contribution >= 4 is 11.9 Å². The van der Waals surface area contributed by atoms with Crippen LogP contribution in [0.15, 0.2) is 18.6 Å². The molecule has 0 aromatic carbocycles. The lowest BCUT2D eigenvalue weighted by molar-refractivity contribution is -0.227. The smallest absolute Gasteiger partial charge is 0.406 e. The van der Waals surface area contributed by atoms with Crippen LogP contribution in [-0.4, -0.2) is 65.9 Å². The number of aryl methyl sites for hydroxylation is 1. The van der Waals surface area contributed by atoms with Gasteiger partial charge in [-0.25, -0.2) is 4.68 Å². The second kappa shape index (κ2) is 7.97. The van der Waals surface area contributed by atoms with E-state index in [1.807, 2.05) is 31.6 Å². The summed E-state index contributed by atoms with van der Waals surface area (Å²) in [7, 11) is 0. The molecule has 9 nitrogen and oxygen atoms in total. The molecule has 1 N–H and O–H groups in total. The predicted octanol–water partition coefficient (Wildman–Crippen LogP) is 2.08. The molecule has 12 heteroatoms. The van der Waals surface area contributed by atoms with E-state index in [1.54, 1.807) is 17.1 Å². The summed E-state index contributed by atoms with van der Waals surface area (Å²) in [5, 5.41) is 21.4. The Kier molecular flexibility index (Phi) is 5.85. The third-order valence-corrected chi connectivity index (χ3v) is 5.42. The minimum atomic E-state index is -4.92. The molecule has 0 radical (unpaired) electrons. The maximum absolute atomic E-state index is 13.3. The zero-order valence-corrected chi connectivity index (χ0v) is 17.6. The lowest BCUT2D eigenvalue weighted by Gasteiger charge is -2.27. The number of carbonyl (C=O) groups is 2. The minimum Gasteiger partial charge on any atom is -0.481 e. The molecule has 1 amide bonds. The molecule has 1 atom stereocenters. The van der Waals surface area contributed by atoms with Crippen LogP contribution >= 0.6 is 0 Å². The molecule has 1 saturated heterocycles. The van der Waals surface area contributed by atoms with E-state index >= 15 is 0 Å². The van der Waals surface area contributed by atoms with E-state index in [0.29, 0.717) is 12.2 Å². The van der Waals surface area contributed by atoms with Gasteiger partial charge in [-0.3, -0.25) is 14.3 Å². The molecule has 1 unspecified atom stereocenters. The standard InChI is InChI=1S/C19H25F3N6O3/c1-17(2,3)28-10-13(8-23-28)9-27-11-14(24-25-27)4-5-15(29)26-7-6-18(12-26,16(30)31)19(20,21)22/h8,10-11H,4-7,9,12H2,1-3H3,(H,30,31). The molecule has 3 rings (SSSR count). The van der Waals surface area contributed by atoms with E-state index in [-0.39, 0.29) is 24.9 Å². The van der Waals surface area contributed by atoms with E-state index in [1.165, 1.54) is 0 Å². The number of carboxylic acid groups (broad SMARTS) is 1. The summed E-state index contributed by atoms with van der Waals surface area (Å²) < 4.78 is 43.2. The molecule has 2 aromatic heterocycles. The number of aromatic nitrogens is 5. The van der Waals surface area contributed by atoms with E-state index in [2.05, 4.69) is 15.4 Å². The highest BCUT2D eigenvalue weighted by Gasteiger charge is 2.64. The highest BCUT2D eigenvalue weighted by atomic mass is 19.4. The normalized spacial score (nSPS) is 19.7. The lowest BCUT2D eigenvalue weighted by atomic mass is 9.86. The fourth-order valence-electron chi connectivity index (χ4n) is 3.47. The van der Waals surface area contributed by atoms with E-state index < -0.39 is 36.4 Å². The van der Waals surface area contributed by atoms with Crippen LogP contribution in [0.5, 0.6) is 0 Å². The summed E-state index contributed by atoms with van der Waals surface area (Å²) in [5.74, 6) is -2.48. The zero-order valence-electron chi connectivity index (χ0n) is 17.6. The zero-order chi connectivity index (χ0) is 23.0. The molecule has 0 spiro atoms. The molecule has 0 saturated carbocycles. The number of likely N-dealkylation sites (tertiary alicyclic amines) is 1. The first-order valence-corrected chi connectivity index (χ1v) is 9.83. The number of hydrogen-bond donors (Lipinski definition) is 1. The maximum Gasteiger partial charge on any atom is 0.406 e. The topological polar surface area (TPSA) is 106 Å². The number of nitrogens with zero attached hydrogens (tertiary/aromatic N) is 6. The molecule has 0 aliphatic carbocycles. The quantitative estimate of drug-likeness (QED) is 0.734. The Bertz CT molecular complexity index is 962. The molecule has 31 heavy (non-hydrogen) atoms. The van der Waals surface area contributed by atoms with Crippen molar-refractivity contribution in [1.29, 1.82) is 0 Å². The number of rotatable bonds is 6. The summed E-state index contributed by atoms with van der Waals surface area (Å²) in [6.07, 6.45) is -0.125. The van der Waals surface area contributed by atoms with Gasteiger partial charge >= 0.3 is 12.1 Å².